The second kappa shape index (κ2) is 7.88. The summed E-state index contributed by atoms with van der Waals surface area (Å²) in [6, 6.07) is 5.96. The number of imidazole rings is 1. The van der Waals surface area contributed by atoms with Crippen LogP contribution >= 0.6 is 23.1 Å². The van der Waals surface area contributed by atoms with E-state index in [1.807, 2.05) is 25.1 Å². The molecule has 0 bridgehead atoms. The van der Waals surface area contributed by atoms with Gasteiger partial charge in [0.2, 0.25) is 5.91 Å². The summed E-state index contributed by atoms with van der Waals surface area (Å²) in [5.74, 6) is -0.447. The van der Waals surface area contributed by atoms with Gasteiger partial charge >= 0.3 is 5.97 Å². The number of hydrogen-bond donors (Lipinski definition) is 2. The third kappa shape index (κ3) is 4.23. The van der Waals surface area contributed by atoms with E-state index in [0.29, 0.717) is 27.5 Å². The summed E-state index contributed by atoms with van der Waals surface area (Å²) in [5, 5.41) is 3.78. The number of rotatable bonds is 6. The minimum Gasteiger partial charge on any atom is -0.462 e. The molecule has 3 aromatic rings. The van der Waals surface area contributed by atoms with Crippen molar-refractivity contribution in [1.82, 2.24) is 15.0 Å². The molecule has 0 saturated heterocycles. The SMILES string of the molecule is CCOC(=O)c1sc(NC(=O)CSc2nc3ccc(C)cc3[nH]2)nc1C. The van der Waals surface area contributed by atoms with E-state index in [0.717, 1.165) is 27.9 Å². The fourth-order valence-electron chi connectivity index (χ4n) is 2.29. The van der Waals surface area contributed by atoms with Crippen molar-refractivity contribution in [3.63, 3.8) is 0 Å². The van der Waals surface area contributed by atoms with Gasteiger partial charge in [-0.1, -0.05) is 29.2 Å². The summed E-state index contributed by atoms with van der Waals surface area (Å²) in [7, 11) is 0. The molecular formula is C17H18N4O3S2. The summed E-state index contributed by atoms with van der Waals surface area (Å²) in [5.41, 5.74) is 3.51. The summed E-state index contributed by atoms with van der Waals surface area (Å²) in [4.78, 5) is 36.2. The molecule has 7 nitrogen and oxygen atoms in total. The van der Waals surface area contributed by atoms with Gasteiger partial charge in [-0.2, -0.15) is 0 Å². The molecule has 2 aromatic heterocycles. The third-order valence-electron chi connectivity index (χ3n) is 3.46. The zero-order valence-electron chi connectivity index (χ0n) is 14.6. The summed E-state index contributed by atoms with van der Waals surface area (Å²) < 4.78 is 4.97. The fourth-order valence-corrected chi connectivity index (χ4v) is 3.85. The number of nitrogens with zero attached hydrogens (tertiary/aromatic N) is 2. The largest absolute Gasteiger partial charge is 0.462 e. The van der Waals surface area contributed by atoms with Crippen LogP contribution in [0.3, 0.4) is 0 Å². The van der Waals surface area contributed by atoms with Crippen molar-refractivity contribution in [2.75, 3.05) is 17.7 Å². The number of hydrogen-bond acceptors (Lipinski definition) is 7. The van der Waals surface area contributed by atoms with Crippen LogP contribution in [0, 0.1) is 13.8 Å². The Morgan fingerprint density at radius 3 is 2.88 bits per heavy atom. The Kier molecular flexibility index (Phi) is 5.58. The average molecular weight is 390 g/mol. The number of benzene rings is 1. The van der Waals surface area contributed by atoms with Crippen molar-refractivity contribution >= 4 is 51.1 Å². The molecule has 0 aliphatic carbocycles. The lowest BCUT2D eigenvalue weighted by Gasteiger charge is -1.99. The Bertz CT molecular complexity index is 964. The van der Waals surface area contributed by atoms with E-state index in [-0.39, 0.29) is 11.7 Å². The molecule has 0 atom stereocenters. The van der Waals surface area contributed by atoms with Gasteiger partial charge in [0, 0.05) is 0 Å². The lowest BCUT2D eigenvalue weighted by molar-refractivity contribution is -0.113. The zero-order chi connectivity index (χ0) is 18.7. The van der Waals surface area contributed by atoms with Crippen molar-refractivity contribution in [3.05, 3.63) is 34.3 Å². The predicted molar refractivity (Wildman–Crippen MR) is 103 cm³/mol. The van der Waals surface area contributed by atoms with Gasteiger partial charge in [0.1, 0.15) is 4.88 Å². The lowest BCUT2D eigenvalue weighted by Crippen LogP contribution is -2.13. The lowest BCUT2D eigenvalue weighted by atomic mass is 10.2. The predicted octanol–water partition coefficient (Wildman–Crippen LogP) is 3.54. The number of amides is 1. The Hall–Kier alpha value is -2.39. The van der Waals surface area contributed by atoms with Crippen LogP contribution in [0.2, 0.25) is 0 Å². The first kappa shape index (κ1) is 18.4. The van der Waals surface area contributed by atoms with Gasteiger partial charge in [0.15, 0.2) is 10.3 Å². The maximum atomic E-state index is 12.1. The van der Waals surface area contributed by atoms with Crippen LogP contribution in [-0.4, -0.2) is 39.2 Å². The number of nitrogens with one attached hydrogen (secondary N) is 2. The first-order valence-electron chi connectivity index (χ1n) is 8.00. The van der Waals surface area contributed by atoms with Crippen LogP contribution in [0.4, 0.5) is 5.13 Å². The summed E-state index contributed by atoms with van der Waals surface area (Å²) in [6.07, 6.45) is 0. The molecule has 0 saturated carbocycles. The highest BCUT2D eigenvalue weighted by Crippen LogP contribution is 2.24. The second-order valence-corrected chi connectivity index (χ2v) is 7.52. The van der Waals surface area contributed by atoms with E-state index >= 15 is 0 Å². The van der Waals surface area contributed by atoms with Crippen molar-refractivity contribution in [3.8, 4) is 0 Å². The minimum absolute atomic E-state index is 0.187. The van der Waals surface area contributed by atoms with Gasteiger partial charge in [-0.25, -0.2) is 14.8 Å². The zero-order valence-corrected chi connectivity index (χ0v) is 16.2. The van der Waals surface area contributed by atoms with Crippen molar-refractivity contribution in [2.45, 2.75) is 25.9 Å². The second-order valence-electron chi connectivity index (χ2n) is 5.55. The highest BCUT2D eigenvalue weighted by atomic mass is 32.2. The number of thioether (sulfide) groups is 1. The Balaban J connectivity index is 1.60. The van der Waals surface area contributed by atoms with Gasteiger partial charge in [0.05, 0.1) is 29.1 Å². The van der Waals surface area contributed by atoms with Gasteiger partial charge in [0.25, 0.3) is 0 Å². The quantitative estimate of drug-likeness (QED) is 0.493. The van der Waals surface area contributed by atoms with Gasteiger partial charge in [-0.05, 0) is 38.5 Å². The average Bonchev–Trinajstić information content (AvgIpc) is 3.15. The number of carbonyl (C=O) groups excluding carboxylic acids is 2. The number of aryl methyl sites for hydroxylation is 2. The number of aromatic amines is 1. The van der Waals surface area contributed by atoms with Crippen LogP contribution in [0.25, 0.3) is 11.0 Å². The molecule has 136 valence electrons. The fraction of sp³-hybridized carbons (Fsp3) is 0.294. The number of carbonyl (C=O) groups is 2. The molecule has 0 fully saturated rings. The number of esters is 1. The van der Waals surface area contributed by atoms with E-state index in [1.54, 1.807) is 13.8 Å². The molecule has 2 heterocycles. The minimum atomic E-state index is -0.421. The van der Waals surface area contributed by atoms with Gasteiger partial charge in [-0.15, -0.1) is 0 Å². The normalized spacial score (nSPS) is 10.9. The standard InChI is InChI=1S/C17H18N4O3S2/c1-4-24-15(23)14-10(3)18-17(26-14)21-13(22)8-25-16-19-11-6-5-9(2)7-12(11)20-16/h5-7H,4,8H2,1-3H3,(H,19,20)(H,18,21,22). The first-order valence-corrected chi connectivity index (χ1v) is 9.80. The Morgan fingerprint density at radius 2 is 2.12 bits per heavy atom. The molecule has 1 amide bonds. The topological polar surface area (TPSA) is 97.0 Å². The van der Waals surface area contributed by atoms with E-state index in [4.69, 9.17) is 4.74 Å². The Labute approximate surface area is 158 Å². The smallest absolute Gasteiger partial charge is 0.350 e. The van der Waals surface area contributed by atoms with Crippen molar-refractivity contribution in [1.29, 1.82) is 0 Å². The van der Waals surface area contributed by atoms with Crippen LogP contribution in [0.1, 0.15) is 27.9 Å². The van der Waals surface area contributed by atoms with Crippen molar-refractivity contribution < 1.29 is 14.3 Å². The van der Waals surface area contributed by atoms with Gasteiger partial charge in [-0.3, -0.25) is 4.79 Å². The summed E-state index contributed by atoms with van der Waals surface area (Å²) in [6.45, 7) is 5.77. The third-order valence-corrected chi connectivity index (χ3v) is 5.39. The molecule has 0 radical (unpaired) electrons. The highest BCUT2D eigenvalue weighted by Gasteiger charge is 2.17. The number of H-pyrrole nitrogens is 1. The summed E-state index contributed by atoms with van der Waals surface area (Å²) >= 11 is 2.42. The molecular weight excluding hydrogens is 372 g/mol. The molecule has 26 heavy (non-hydrogen) atoms. The molecule has 9 heteroatoms. The van der Waals surface area contributed by atoms with E-state index in [1.165, 1.54) is 11.8 Å². The van der Waals surface area contributed by atoms with Crippen LogP contribution in [-0.2, 0) is 9.53 Å². The van der Waals surface area contributed by atoms with Crippen molar-refractivity contribution in [2.24, 2.45) is 0 Å². The van der Waals surface area contributed by atoms with Crippen LogP contribution < -0.4 is 5.32 Å². The molecule has 3 rings (SSSR count). The number of anilines is 1. The highest BCUT2D eigenvalue weighted by molar-refractivity contribution is 7.99. The molecule has 2 N–H and O–H groups in total. The van der Waals surface area contributed by atoms with E-state index in [2.05, 4.69) is 20.3 Å². The first-order chi connectivity index (χ1) is 12.5. The molecule has 0 aliphatic heterocycles. The molecule has 0 unspecified atom stereocenters. The molecule has 0 aliphatic rings. The van der Waals surface area contributed by atoms with Crippen LogP contribution in [0.15, 0.2) is 23.4 Å². The molecule has 0 spiro atoms. The number of thiazole rings is 1. The van der Waals surface area contributed by atoms with E-state index < -0.39 is 5.97 Å². The number of aromatic nitrogens is 3. The van der Waals surface area contributed by atoms with Crippen LogP contribution in [0.5, 0.6) is 0 Å². The number of ether oxygens (including phenoxy) is 1. The maximum absolute atomic E-state index is 12.1. The molecule has 1 aromatic carbocycles. The maximum Gasteiger partial charge on any atom is 0.350 e. The van der Waals surface area contributed by atoms with E-state index in [9.17, 15) is 9.59 Å². The number of fused-ring (bicyclic) bond motifs is 1. The van der Waals surface area contributed by atoms with Gasteiger partial charge < -0.3 is 15.0 Å². The monoisotopic (exact) mass is 390 g/mol. The Morgan fingerprint density at radius 1 is 1.31 bits per heavy atom.